The lowest BCUT2D eigenvalue weighted by Crippen LogP contribution is -2.59. The molecule has 3 aliphatic carbocycles. The standard InChI is InChI=1S/C13H19ClO3/c1-2-3-6-17-11-7-9-4-5-10(11)12(15)13(9,16)8-14/h4-5,9-11,16H,2-3,6-8H2,1H3. The van der Waals surface area contributed by atoms with Crippen LogP contribution in [0.1, 0.15) is 26.2 Å². The molecule has 96 valence electrons. The minimum Gasteiger partial charge on any atom is -0.380 e. The van der Waals surface area contributed by atoms with Gasteiger partial charge < -0.3 is 9.84 Å². The first-order chi connectivity index (χ1) is 8.13. The molecule has 0 aromatic heterocycles. The summed E-state index contributed by atoms with van der Waals surface area (Å²) in [5.41, 5.74) is -1.37. The van der Waals surface area contributed by atoms with Crippen LogP contribution in [0.15, 0.2) is 12.2 Å². The highest BCUT2D eigenvalue weighted by molar-refractivity contribution is 6.21. The molecule has 4 unspecified atom stereocenters. The Balaban J connectivity index is 2.05. The van der Waals surface area contributed by atoms with Crippen molar-refractivity contribution in [3.63, 3.8) is 0 Å². The molecule has 0 heterocycles. The van der Waals surface area contributed by atoms with Gasteiger partial charge in [0.25, 0.3) is 0 Å². The van der Waals surface area contributed by atoms with Gasteiger partial charge in [0.05, 0.1) is 17.9 Å². The van der Waals surface area contributed by atoms with E-state index >= 15 is 0 Å². The number of rotatable bonds is 5. The van der Waals surface area contributed by atoms with Crippen LogP contribution >= 0.6 is 11.6 Å². The zero-order valence-corrected chi connectivity index (χ0v) is 10.8. The highest BCUT2D eigenvalue weighted by Gasteiger charge is 2.54. The Morgan fingerprint density at radius 2 is 2.35 bits per heavy atom. The fourth-order valence-electron chi connectivity index (χ4n) is 2.65. The molecule has 4 atom stereocenters. The average Bonchev–Trinajstić information content (AvgIpc) is 2.36. The van der Waals surface area contributed by atoms with Crippen molar-refractivity contribution in [3.8, 4) is 0 Å². The van der Waals surface area contributed by atoms with Gasteiger partial charge in [-0.3, -0.25) is 4.79 Å². The van der Waals surface area contributed by atoms with Crippen molar-refractivity contribution in [2.75, 3.05) is 12.5 Å². The van der Waals surface area contributed by atoms with Crippen LogP contribution in [0.2, 0.25) is 0 Å². The summed E-state index contributed by atoms with van der Waals surface area (Å²) in [6.07, 6.45) is 6.48. The molecule has 0 aromatic rings. The minimum absolute atomic E-state index is 0.0287. The molecule has 1 saturated carbocycles. The first-order valence-electron chi connectivity index (χ1n) is 6.26. The zero-order chi connectivity index (χ0) is 12.5. The van der Waals surface area contributed by atoms with Crippen molar-refractivity contribution in [1.82, 2.24) is 0 Å². The molecule has 0 aromatic carbocycles. The highest BCUT2D eigenvalue weighted by atomic mass is 35.5. The molecule has 17 heavy (non-hydrogen) atoms. The predicted molar refractivity (Wildman–Crippen MR) is 66.1 cm³/mol. The number of unbranched alkanes of at least 4 members (excludes halogenated alkanes) is 1. The van der Waals surface area contributed by atoms with Gasteiger partial charge in [-0.15, -0.1) is 11.6 Å². The van der Waals surface area contributed by atoms with E-state index in [-0.39, 0.29) is 29.6 Å². The molecular formula is C13H19ClO3. The van der Waals surface area contributed by atoms with Crippen molar-refractivity contribution in [1.29, 1.82) is 0 Å². The summed E-state index contributed by atoms with van der Waals surface area (Å²) in [6, 6.07) is 0. The number of alkyl halides is 1. The van der Waals surface area contributed by atoms with Gasteiger partial charge in [0.15, 0.2) is 5.78 Å². The molecular weight excluding hydrogens is 240 g/mol. The summed E-state index contributed by atoms with van der Waals surface area (Å²) in [5, 5.41) is 10.2. The molecule has 0 spiro atoms. The van der Waals surface area contributed by atoms with Gasteiger partial charge in [-0.05, 0) is 12.8 Å². The number of halogens is 1. The van der Waals surface area contributed by atoms with Crippen molar-refractivity contribution >= 4 is 17.4 Å². The normalized spacial score (nSPS) is 39.9. The van der Waals surface area contributed by atoms with E-state index in [0.717, 1.165) is 12.8 Å². The van der Waals surface area contributed by atoms with Crippen LogP contribution in [-0.4, -0.2) is 35.1 Å². The van der Waals surface area contributed by atoms with E-state index in [0.29, 0.717) is 13.0 Å². The van der Waals surface area contributed by atoms with Gasteiger partial charge in [-0.2, -0.15) is 0 Å². The third kappa shape index (κ3) is 2.16. The SMILES string of the molecule is CCCCOC1CC2C=CC1C(=O)C2(O)CCl. The smallest absolute Gasteiger partial charge is 0.175 e. The maximum Gasteiger partial charge on any atom is 0.175 e. The number of fused-ring (bicyclic) bond motifs is 2. The molecule has 3 nitrogen and oxygen atoms in total. The summed E-state index contributed by atoms with van der Waals surface area (Å²) in [6.45, 7) is 2.79. The van der Waals surface area contributed by atoms with Crippen LogP contribution < -0.4 is 0 Å². The van der Waals surface area contributed by atoms with Gasteiger partial charge in [0.2, 0.25) is 0 Å². The van der Waals surface area contributed by atoms with Gasteiger partial charge in [-0.1, -0.05) is 25.5 Å². The highest BCUT2D eigenvalue weighted by Crippen LogP contribution is 2.42. The second kappa shape index (κ2) is 5.09. The number of hydrogen-bond donors (Lipinski definition) is 1. The first-order valence-corrected chi connectivity index (χ1v) is 6.79. The molecule has 1 fully saturated rings. The fraction of sp³-hybridized carbons (Fsp3) is 0.769. The van der Waals surface area contributed by atoms with Crippen molar-refractivity contribution in [3.05, 3.63) is 12.2 Å². The van der Waals surface area contributed by atoms with E-state index in [4.69, 9.17) is 16.3 Å². The third-order valence-electron chi connectivity index (χ3n) is 3.81. The maximum atomic E-state index is 12.1. The van der Waals surface area contributed by atoms with Crippen molar-refractivity contribution in [2.24, 2.45) is 11.8 Å². The first kappa shape index (κ1) is 13.1. The monoisotopic (exact) mass is 258 g/mol. The molecule has 3 aliphatic rings. The predicted octanol–water partition coefficient (Wildman–Crippen LogP) is 1.92. The lowest BCUT2D eigenvalue weighted by Gasteiger charge is -2.46. The molecule has 0 radical (unpaired) electrons. The van der Waals surface area contributed by atoms with Gasteiger partial charge >= 0.3 is 0 Å². The van der Waals surface area contributed by atoms with Crippen LogP contribution in [0.25, 0.3) is 0 Å². The summed E-state index contributed by atoms with van der Waals surface area (Å²) >= 11 is 5.74. The number of carbonyl (C=O) groups is 1. The van der Waals surface area contributed by atoms with E-state index in [9.17, 15) is 9.90 Å². The van der Waals surface area contributed by atoms with Crippen LogP contribution in [0.3, 0.4) is 0 Å². The lowest BCUT2D eigenvalue weighted by atomic mass is 9.64. The summed E-state index contributed by atoms with van der Waals surface area (Å²) in [5.74, 6) is -0.712. The number of carbonyl (C=O) groups excluding carboxylic acids is 1. The topological polar surface area (TPSA) is 46.5 Å². The second-order valence-electron chi connectivity index (χ2n) is 4.94. The number of ketones is 1. The van der Waals surface area contributed by atoms with Crippen LogP contribution in [0, 0.1) is 11.8 Å². The molecule has 0 amide bonds. The van der Waals surface area contributed by atoms with Crippen molar-refractivity contribution < 1.29 is 14.6 Å². The number of hydrogen-bond acceptors (Lipinski definition) is 3. The van der Waals surface area contributed by atoms with Crippen LogP contribution in [0.5, 0.6) is 0 Å². The Labute approximate surface area is 107 Å². The number of Topliss-reactive ketones (excluding diaryl/α,β-unsaturated/α-hetero) is 1. The lowest BCUT2D eigenvalue weighted by molar-refractivity contribution is -0.159. The molecule has 1 N–H and O–H groups in total. The second-order valence-corrected chi connectivity index (χ2v) is 5.21. The quantitative estimate of drug-likeness (QED) is 0.466. The Morgan fingerprint density at radius 1 is 1.59 bits per heavy atom. The summed E-state index contributed by atoms with van der Waals surface area (Å²) in [7, 11) is 0. The van der Waals surface area contributed by atoms with Gasteiger partial charge in [-0.25, -0.2) is 0 Å². The van der Waals surface area contributed by atoms with E-state index in [1.165, 1.54) is 0 Å². The Bertz CT molecular complexity index is 329. The van der Waals surface area contributed by atoms with Gasteiger partial charge in [0, 0.05) is 12.5 Å². The van der Waals surface area contributed by atoms with Gasteiger partial charge in [0.1, 0.15) is 5.60 Å². The van der Waals surface area contributed by atoms with E-state index in [2.05, 4.69) is 6.92 Å². The van der Waals surface area contributed by atoms with Crippen molar-refractivity contribution in [2.45, 2.75) is 37.9 Å². The number of aliphatic hydroxyl groups is 1. The Morgan fingerprint density at radius 3 is 2.94 bits per heavy atom. The summed E-state index contributed by atoms with van der Waals surface area (Å²) in [4.78, 5) is 12.1. The largest absolute Gasteiger partial charge is 0.380 e. The Kier molecular flexibility index (Phi) is 3.91. The van der Waals surface area contributed by atoms with E-state index in [1.807, 2.05) is 12.2 Å². The third-order valence-corrected chi connectivity index (χ3v) is 4.22. The molecule has 0 aliphatic heterocycles. The summed E-state index contributed by atoms with van der Waals surface area (Å²) < 4.78 is 5.74. The molecule has 3 rings (SSSR count). The van der Waals surface area contributed by atoms with Crippen LogP contribution in [0.4, 0.5) is 0 Å². The maximum absolute atomic E-state index is 12.1. The fourth-order valence-corrected chi connectivity index (χ4v) is 2.98. The molecule has 4 heteroatoms. The number of ether oxygens (including phenoxy) is 1. The minimum atomic E-state index is -1.37. The van der Waals surface area contributed by atoms with E-state index in [1.54, 1.807) is 0 Å². The van der Waals surface area contributed by atoms with E-state index < -0.39 is 5.60 Å². The molecule has 0 saturated heterocycles. The van der Waals surface area contributed by atoms with Crippen LogP contribution in [-0.2, 0) is 9.53 Å². The zero-order valence-electron chi connectivity index (χ0n) is 10.1. The molecule has 2 bridgehead atoms. The Hall–Kier alpha value is -0.380. The average molecular weight is 259 g/mol.